The molecule has 1 aromatic carbocycles. The van der Waals surface area contributed by atoms with Gasteiger partial charge in [-0.25, -0.2) is 0 Å². The van der Waals surface area contributed by atoms with Gasteiger partial charge in [0.25, 0.3) is 0 Å². The SMILES string of the molecule is CCC[C@H]1OCCc2c1[nH]c1c(C)ccc(C#N)c21. The smallest absolute Gasteiger partial charge is 0.0998 e. The van der Waals surface area contributed by atoms with Crippen LogP contribution in [0.15, 0.2) is 12.1 Å². The first-order valence-electron chi connectivity index (χ1n) is 6.92. The van der Waals surface area contributed by atoms with Gasteiger partial charge in [0.15, 0.2) is 0 Å². The number of aryl methyl sites for hydroxylation is 1. The van der Waals surface area contributed by atoms with E-state index in [0.717, 1.165) is 42.3 Å². The number of fused-ring (bicyclic) bond motifs is 3. The van der Waals surface area contributed by atoms with Crippen molar-refractivity contribution < 1.29 is 4.74 Å². The molecule has 1 atom stereocenters. The van der Waals surface area contributed by atoms with E-state index in [1.165, 1.54) is 16.8 Å². The predicted molar refractivity (Wildman–Crippen MR) is 75.1 cm³/mol. The Kier molecular flexibility index (Phi) is 3.04. The molecular weight excluding hydrogens is 236 g/mol. The molecule has 1 aliphatic heterocycles. The summed E-state index contributed by atoms with van der Waals surface area (Å²) < 4.78 is 5.87. The van der Waals surface area contributed by atoms with Gasteiger partial charge in [0, 0.05) is 11.1 Å². The Morgan fingerprint density at radius 2 is 2.32 bits per heavy atom. The van der Waals surface area contributed by atoms with Crippen molar-refractivity contribution in [3.63, 3.8) is 0 Å². The minimum atomic E-state index is 0.159. The van der Waals surface area contributed by atoms with Gasteiger partial charge >= 0.3 is 0 Å². The van der Waals surface area contributed by atoms with E-state index in [1.54, 1.807) is 0 Å². The van der Waals surface area contributed by atoms with Crippen molar-refractivity contribution in [1.29, 1.82) is 5.26 Å². The van der Waals surface area contributed by atoms with E-state index in [2.05, 4.69) is 24.9 Å². The van der Waals surface area contributed by atoms with Gasteiger partial charge in [-0.2, -0.15) is 5.26 Å². The molecular formula is C16H18N2O. The van der Waals surface area contributed by atoms with Gasteiger partial charge < -0.3 is 9.72 Å². The molecule has 0 spiro atoms. The van der Waals surface area contributed by atoms with Crippen LogP contribution in [-0.4, -0.2) is 11.6 Å². The number of aromatic nitrogens is 1. The van der Waals surface area contributed by atoms with E-state index in [0.29, 0.717) is 0 Å². The minimum Gasteiger partial charge on any atom is -0.372 e. The zero-order chi connectivity index (χ0) is 13.4. The Balaban J connectivity index is 2.27. The Morgan fingerprint density at radius 3 is 3.05 bits per heavy atom. The highest BCUT2D eigenvalue weighted by atomic mass is 16.5. The number of nitrogens with zero attached hydrogens (tertiary/aromatic N) is 1. The summed E-state index contributed by atoms with van der Waals surface area (Å²) in [6.07, 6.45) is 3.19. The van der Waals surface area contributed by atoms with Crippen molar-refractivity contribution in [2.24, 2.45) is 0 Å². The molecule has 0 saturated carbocycles. The topological polar surface area (TPSA) is 48.8 Å². The third-order valence-electron chi connectivity index (χ3n) is 3.96. The van der Waals surface area contributed by atoms with Gasteiger partial charge in [-0.05, 0) is 37.0 Å². The van der Waals surface area contributed by atoms with E-state index in [4.69, 9.17) is 4.74 Å². The van der Waals surface area contributed by atoms with E-state index < -0.39 is 0 Å². The Hall–Kier alpha value is -1.79. The molecule has 0 saturated heterocycles. The molecule has 0 radical (unpaired) electrons. The van der Waals surface area contributed by atoms with Crippen molar-refractivity contribution >= 4 is 10.9 Å². The highest BCUT2D eigenvalue weighted by molar-refractivity contribution is 5.92. The van der Waals surface area contributed by atoms with E-state index in [-0.39, 0.29) is 6.10 Å². The molecule has 0 fully saturated rings. The quantitative estimate of drug-likeness (QED) is 0.887. The third kappa shape index (κ3) is 1.84. The lowest BCUT2D eigenvalue weighted by Crippen LogP contribution is -2.15. The van der Waals surface area contributed by atoms with Gasteiger partial charge in [0.05, 0.1) is 29.9 Å². The van der Waals surface area contributed by atoms with Crippen LogP contribution in [0.5, 0.6) is 0 Å². The number of nitriles is 1. The molecule has 1 N–H and O–H groups in total. The molecule has 98 valence electrons. The van der Waals surface area contributed by atoms with Gasteiger partial charge in [-0.15, -0.1) is 0 Å². The second-order valence-electron chi connectivity index (χ2n) is 5.21. The average Bonchev–Trinajstić information content (AvgIpc) is 2.82. The lowest BCUT2D eigenvalue weighted by atomic mass is 9.97. The first kappa shape index (κ1) is 12.3. The molecule has 1 aromatic heterocycles. The fraction of sp³-hybridized carbons (Fsp3) is 0.438. The number of ether oxygens (including phenoxy) is 1. The molecule has 2 aromatic rings. The standard InChI is InChI=1S/C16H18N2O/c1-3-4-13-16-12(7-8-19-13)14-11(9-17)6-5-10(2)15(14)18-16/h5-6,13,18H,3-4,7-8H2,1-2H3/t13-/m1/s1. The first-order chi connectivity index (χ1) is 9.26. The van der Waals surface area contributed by atoms with Gasteiger partial charge in [-0.3, -0.25) is 0 Å². The summed E-state index contributed by atoms with van der Waals surface area (Å²) in [5.41, 5.74) is 5.55. The number of rotatable bonds is 2. The van der Waals surface area contributed by atoms with Crippen molar-refractivity contribution in [2.75, 3.05) is 6.61 Å². The van der Waals surface area contributed by atoms with Crippen LogP contribution in [0.25, 0.3) is 10.9 Å². The Labute approximate surface area is 113 Å². The number of hydrogen-bond donors (Lipinski definition) is 1. The molecule has 3 heteroatoms. The van der Waals surface area contributed by atoms with Crippen molar-refractivity contribution in [2.45, 2.75) is 39.2 Å². The zero-order valence-corrected chi connectivity index (χ0v) is 11.4. The molecule has 19 heavy (non-hydrogen) atoms. The molecule has 3 rings (SSSR count). The summed E-state index contributed by atoms with van der Waals surface area (Å²) >= 11 is 0. The average molecular weight is 254 g/mol. The van der Waals surface area contributed by atoms with Crippen molar-refractivity contribution in [1.82, 2.24) is 4.98 Å². The van der Waals surface area contributed by atoms with Gasteiger partial charge in [-0.1, -0.05) is 19.4 Å². The predicted octanol–water partition coefficient (Wildman–Crippen LogP) is 3.76. The fourth-order valence-electron chi connectivity index (χ4n) is 3.03. The summed E-state index contributed by atoms with van der Waals surface area (Å²) in [6.45, 7) is 5.01. The number of hydrogen-bond acceptors (Lipinski definition) is 2. The number of aromatic amines is 1. The van der Waals surface area contributed by atoms with Crippen LogP contribution in [0.2, 0.25) is 0 Å². The van der Waals surface area contributed by atoms with Gasteiger partial charge in [0.2, 0.25) is 0 Å². The van der Waals surface area contributed by atoms with Gasteiger partial charge in [0.1, 0.15) is 0 Å². The Morgan fingerprint density at radius 1 is 1.47 bits per heavy atom. The molecule has 2 heterocycles. The summed E-state index contributed by atoms with van der Waals surface area (Å²) in [6, 6.07) is 6.26. The zero-order valence-electron chi connectivity index (χ0n) is 11.4. The normalized spacial score (nSPS) is 18.3. The van der Waals surface area contributed by atoms with Crippen molar-refractivity contribution in [3.8, 4) is 6.07 Å². The molecule has 0 bridgehead atoms. The molecule has 0 amide bonds. The van der Waals surface area contributed by atoms with Crippen LogP contribution in [-0.2, 0) is 11.2 Å². The molecule has 3 nitrogen and oxygen atoms in total. The lowest BCUT2D eigenvalue weighted by molar-refractivity contribution is 0.0339. The summed E-state index contributed by atoms with van der Waals surface area (Å²) in [5, 5.41) is 10.4. The second kappa shape index (κ2) is 4.71. The van der Waals surface area contributed by atoms with Crippen LogP contribution in [0.3, 0.4) is 0 Å². The summed E-state index contributed by atoms with van der Waals surface area (Å²) in [7, 11) is 0. The lowest BCUT2D eigenvalue weighted by Gasteiger charge is -2.23. The van der Waals surface area contributed by atoms with E-state index in [1.807, 2.05) is 12.1 Å². The highest BCUT2D eigenvalue weighted by Gasteiger charge is 2.26. The van der Waals surface area contributed by atoms with Crippen LogP contribution in [0.4, 0.5) is 0 Å². The third-order valence-corrected chi connectivity index (χ3v) is 3.96. The van der Waals surface area contributed by atoms with Crippen LogP contribution in [0.1, 0.15) is 48.3 Å². The first-order valence-corrected chi connectivity index (χ1v) is 6.92. The van der Waals surface area contributed by atoms with Crippen LogP contribution in [0, 0.1) is 18.3 Å². The number of benzene rings is 1. The number of nitrogens with one attached hydrogen (secondary N) is 1. The van der Waals surface area contributed by atoms with E-state index >= 15 is 0 Å². The van der Waals surface area contributed by atoms with E-state index in [9.17, 15) is 5.26 Å². The summed E-state index contributed by atoms with van der Waals surface area (Å²) in [5.74, 6) is 0. The van der Waals surface area contributed by atoms with Crippen molar-refractivity contribution in [3.05, 3.63) is 34.5 Å². The monoisotopic (exact) mass is 254 g/mol. The second-order valence-corrected chi connectivity index (χ2v) is 5.21. The maximum Gasteiger partial charge on any atom is 0.0998 e. The maximum atomic E-state index is 9.32. The fourth-order valence-corrected chi connectivity index (χ4v) is 3.03. The maximum absolute atomic E-state index is 9.32. The highest BCUT2D eigenvalue weighted by Crippen LogP contribution is 2.37. The number of H-pyrrole nitrogens is 1. The Bertz CT molecular complexity index is 663. The molecule has 1 aliphatic rings. The van der Waals surface area contributed by atoms with Crippen LogP contribution >= 0.6 is 0 Å². The summed E-state index contributed by atoms with van der Waals surface area (Å²) in [4.78, 5) is 3.52. The molecule has 0 unspecified atom stereocenters. The minimum absolute atomic E-state index is 0.159. The largest absolute Gasteiger partial charge is 0.372 e. The van der Waals surface area contributed by atoms with Crippen LogP contribution < -0.4 is 0 Å². The molecule has 0 aliphatic carbocycles.